The third kappa shape index (κ3) is 4.99. The zero-order chi connectivity index (χ0) is 45.3. The molecule has 0 radical (unpaired) electrons. The van der Waals surface area contributed by atoms with Crippen LogP contribution in [-0.2, 0) is 10.8 Å². The molecule has 320 valence electrons. The third-order valence-electron chi connectivity index (χ3n) is 15.3. The van der Waals surface area contributed by atoms with E-state index in [2.05, 4.69) is 224 Å². The molecule has 0 saturated carbocycles. The highest BCUT2D eigenvalue weighted by atomic mass is 16.3. The van der Waals surface area contributed by atoms with Gasteiger partial charge in [-0.1, -0.05) is 224 Å². The van der Waals surface area contributed by atoms with Crippen LogP contribution in [0, 0.1) is 0 Å². The molecule has 10 aromatic carbocycles. The van der Waals surface area contributed by atoms with Crippen LogP contribution in [-0.4, -0.2) is 15.0 Å². The van der Waals surface area contributed by atoms with Crippen LogP contribution in [0.2, 0.25) is 0 Å². The second kappa shape index (κ2) is 14.3. The third-order valence-corrected chi connectivity index (χ3v) is 15.3. The summed E-state index contributed by atoms with van der Waals surface area (Å²) in [5.74, 6) is 1.76. The molecule has 3 aliphatic rings. The molecular formula is C65H39N3O. The summed E-state index contributed by atoms with van der Waals surface area (Å²) in [6.07, 6.45) is 0. The van der Waals surface area contributed by atoms with Gasteiger partial charge in [0, 0.05) is 21.9 Å². The average molecular weight is 878 g/mol. The Morgan fingerprint density at radius 1 is 0.261 bits per heavy atom. The largest absolute Gasteiger partial charge is 0.455 e. The highest BCUT2D eigenvalue weighted by Crippen LogP contribution is 2.64. The fourth-order valence-electron chi connectivity index (χ4n) is 12.7. The van der Waals surface area contributed by atoms with Gasteiger partial charge in [0.2, 0.25) is 0 Å². The Kier molecular flexibility index (Phi) is 7.88. The van der Waals surface area contributed by atoms with Crippen molar-refractivity contribution in [3.63, 3.8) is 0 Å². The molecule has 12 aromatic rings. The van der Waals surface area contributed by atoms with E-state index in [-0.39, 0.29) is 0 Å². The van der Waals surface area contributed by atoms with Crippen molar-refractivity contribution in [1.82, 2.24) is 15.0 Å². The molecule has 15 rings (SSSR count). The lowest BCUT2D eigenvalue weighted by Gasteiger charge is -2.33. The van der Waals surface area contributed by atoms with Crippen LogP contribution in [0.4, 0.5) is 0 Å². The van der Waals surface area contributed by atoms with Gasteiger partial charge in [-0.3, -0.25) is 0 Å². The summed E-state index contributed by atoms with van der Waals surface area (Å²) >= 11 is 0. The Bertz CT molecular complexity index is 3890. The molecule has 0 saturated heterocycles. The van der Waals surface area contributed by atoms with Gasteiger partial charge in [-0.05, 0) is 90.0 Å². The summed E-state index contributed by atoms with van der Waals surface area (Å²) in [6.45, 7) is 0. The number of benzene rings is 10. The lowest BCUT2D eigenvalue weighted by molar-refractivity contribution is 0.669. The minimum atomic E-state index is -0.588. The quantitative estimate of drug-likeness (QED) is 0.173. The minimum absolute atomic E-state index is 0.518. The first-order valence-corrected chi connectivity index (χ1v) is 23.7. The Hall–Kier alpha value is -8.99. The van der Waals surface area contributed by atoms with Gasteiger partial charge in [-0.15, -0.1) is 0 Å². The van der Waals surface area contributed by atoms with Crippen molar-refractivity contribution in [3.05, 3.63) is 281 Å². The van der Waals surface area contributed by atoms with Crippen LogP contribution in [0.5, 0.6) is 0 Å². The Labute approximate surface area is 398 Å². The van der Waals surface area contributed by atoms with E-state index in [1.165, 1.54) is 61.2 Å². The number of hydrogen-bond acceptors (Lipinski definition) is 4. The highest BCUT2D eigenvalue weighted by Gasteiger charge is 2.52. The molecule has 0 N–H and O–H groups in total. The normalized spacial score (nSPS) is 14.0. The number of para-hydroxylation sites is 2. The monoisotopic (exact) mass is 877 g/mol. The number of furan rings is 1. The topological polar surface area (TPSA) is 51.8 Å². The van der Waals surface area contributed by atoms with Crippen molar-refractivity contribution in [2.45, 2.75) is 10.8 Å². The van der Waals surface area contributed by atoms with E-state index in [4.69, 9.17) is 19.4 Å². The first-order chi connectivity index (χ1) is 34.2. The molecule has 69 heavy (non-hydrogen) atoms. The fraction of sp³-hybridized carbons (Fsp3) is 0.0308. The van der Waals surface area contributed by atoms with E-state index < -0.39 is 10.8 Å². The van der Waals surface area contributed by atoms with Crippen molar-refractivity contribution in [3.8, 4) is 67.5 Å². The maximum Gasteiger partial charge on any atom is 0.167 e. The summed E-state index contributed by atoms with van der Waals surface area (Å²) in [5, 5.41) is 2.08. The second-order valence-electron chi connectivity index (χ2n) is 18.5. The molecule has 0 atom stereocenters. The molecular weight excluding hydrogens is 839 g/mol. The molecule has 0 fully saturated rings. The van der Waals surface area contributed by atoms with Gasteiger partial charge in [-0.25, -0.2) is 15.0 Å². The van der Waals surface area contributed by atoms with Crippen molar-refractivity contribution < 1.29 is 4.42 Å². The number of rotatable bonds is 5. The summed E-state index contributed by atoms with van der Waals surface area (Å²) in [5.41, 5.74) is 20.2. The molecule has 2 aromatic heterocycles. The number of aromatic nitrogens is 3. The number of nitrogens with zero attached hydrogens (tertiary/aromatic N) is 3. The molecule has 0 unspecified atom stereocenters. The van der Waals surface area contributed by atoms with Crippen LogP contribution >= 0.6 is 0 Å². The van der Waals surface area contributed by atoms with Crippen molar-refractivity contribution in [2.75, 3.05) is 0 Å². The molecule has 1 spiro atoms. The SMILES string of the molecule is c1ccc(C2(c3ccccc3)c3ccccc3-c3c(-c4nc(-c5cccc6c5-c5ccccc5C65c6ccccc6-c6ccccc65)nc(-c5cccc6c5oc5ccccc56)n4)cccc32)cc1. The molecule has 4 heteroatoms. The molecule has 0 aliphatic heterocycles. The van der Waals surface area contributed by atoms with Crippen LogP contribution in [0.15, 0.2) is 241 Å². The Morgan fingerprint density at radius 3 is 1.19 bits per heavy atom. The van der Waals surface area contributed by atoms with E-state index >= 15 is 0 Å². The van der Waals surface area contributed by atoms with Crippen LogP contribution in [0.3, 0.4) is 0 Å². The Morgan fingerprint density at radius 2 is 0.623 bits per heavy atom. The van der Waals surface area contributed by atoms with Gasteiger partial charge in [0.05, 0.1) is 16.4 Å². The van der Waals surface area contributed by atoms with E-state index in [9.17, 15) is 0 Å². The van der Waals surface area contributed by atoms with Gasteiger partial charge >= 0.3 is 0 Å². The van der Waals surface area contributed by atoms with Crippen LogP contribution < -0.4 is 0 Å². The van der Waals surface area contributed by atoms with Crippen molar-refractivity contribution >= 4 is 21.9 Å². The zero-order valence-corrected chi connectivity index (χ0v) is 37.3. The highest BCUT2D eigenvalue weighted by molar-refractivity contribution is 6.09. The van der Waals surface area contributed by atoms with E-state index in [0.717, 1.165) is 55.3 Å². The van der Waals surface area contributed by atoms with Crippen LogP contribution in [0.1, 0.15) is 44.5 Å². The van der Waals surface area contributed by atoms with E-state index in [0.29, 0.717) is 17.5 Å². The smallest absolute Gasteiger partial charge is 0.167 e. The van der Waals surface area contributed by atoms with Gasteiger partial charge in [0.1, 0.15) is 11.2 Å². The van der Waals surface area contributed by atoms with Crippen LogP contribution in [0.25, 0.3) is 89.5 Å². The lowest BCUT2D eigenvalue weighted by atomic mass is 9.67. The fourth-order valence-corrected chi connectivity index (χ4v) is 12.7. The predicted molar refractivity (Wildman–Crippen MR) is 277 cm³/mol. The van der Waals surface area contributed by atoms with Crippen molar-refractivity contribution in [2.24, 2.45) is 0 Å². The molecule has 0 bridgehead atoms. The van der Waals surface area contributed by atoms with Gasteiger partial charge in [0.25, 0.3) is 0 Å². The summed E-state index contributed by atoms with van der Waals surface area (Å²) in [7, 11) is 0. The maximum atomic E-state index is 6.72. The predicted octanol–water partition coefficient (Wildman–Crippen LogP) is 15.5. The standard InChI is InChI=1S/C65H39N3O/c1-3-20-40(21-4-1)64(41-22-5-2-6-23-41)53-35-14-9-27-46(53)58-48(30-18-37-55(58)64)61-66-62(68-63(67-61)50-32-17-29-45-44-26-11-16-39-57(44)69-60(45)50)49-31-19-38-56-59(49)47-28-10-15-36-54(47)65(56)51-33-12-7-24-42(51)43-25-8-13-34-52(43)65/h1-39H. The summed E-state index contributed by atoms with van der Waals surface area (Å²) in [6, 6.07) is 85.4. The Balaban J connectivity index is 1.04. The lowest BCUT2D eigenvalue weighted by Crippen LogP contribution is -2.28. The molecule has 3 aliphatic carbocycles. The van der Waals surface area contributed by atoms with Crippen molar-refractivity contribution in [1.29, 1.82) is 0 Å². The molecule has 4 nitrogen and oxygen atoms in total. The first kappa shape index (κ1) is 38.1. The zero-order valence-electron chi connectivity index (χ0n) is 37.3. The number of hydrogen-bond donors (Lipinski definition) is 0. The minimum Gasteiger partial charge on any atom is -0.455 e. The van der Waals surface area contributed by atoms with Gasteiger partial charge in [0.15, 0.2) is 17.5 Å². The number of fused-ring (bicyclic) bond motifs is 16. The van der Waals surface area contributed by atoms with E-state index in [1.54, 1.807) is 0 Å². The first-order valence-electron chi connectivity index (χ1n) is 23.7. The van der Waals surface area contributed by atoms with Gasteiger partial charge < -0.3 is 4.42 Å². The maximum absolute atomic E-state index is 6.72. The second-order valence-corrected chi connectivity index (χ2v) is 18.5. The summed E-state index contributed by atoms with van der Waals surface area (Å²) < 4.78 is 6.72. The van der Waals surface area contributed by atoms with Gasteiger partial charge in [-0.2, -0.15) is 0 Å². The molecule has 2 heterocycles. The average Bonchev–Trinajstić information content (AvgIpc) is 4.14. The van der Waals surface area contributed by atoms with E-state index in [1.807, 2.05) is 12.1 Å². The summed E-state index contributed by atoms with van der Waals surface area (Å²) in [4.78, 5) is 16.8. The molecule has 0 amide bonds.